The lowest BCUT2D eigenvalue weighted by atomic mass is 9.55. The fourth-order valence-corrected chi connectivity index (χ4v) is 5.47. The van der Waals surface area contributed by atoms with E-state index in [1.165, 1.54) is 17.5 Å². The number of benzene rings is 1. The number of phenolic OH excluding ortho intramolecular Hbond substituents is 1. The van der Waals surface area contributed by atoms with Crippen LogP contribution in [0, 0.1) is 17.3 Å². The summed E-state index contributed by atoms with van der Waals surface area (Å²) >= 11 is 0. The van der Waals surface area contributed by atoms with Gasteiger partial charge in [0.1, 0.15) is 5.75 Å². The summed E-state index contributed by atoms with van der Waals surface area (Å²) in [4.78, 5) is 0. The maximum Gasteiger partial charge on any atom is 0.115 e. The van der Waals surface area contributed by atoms with E-state index in [-0.39, 0.29) is 23.3 Å². The second-order valence-electron chi connectivity index (χ2n) is 7.35. The van der Waals surface area contributed by atoms with E-state index in [0.29, 0.717) is 17.8 Å². The van der Waals surface area contributed by atoms with Crippen molar-refractivity contribution >= 4 is 0 Å². The third-order valence-corrected chi connectivity index (χ3v) is 6.59. The number of aliphatic hydroxyl groups is 1. The molecule has 0 heterocycles. The molecule has 2 fully saturated rings. The van der Waals surface area contributed by atoms with E-state index < -0.39 is 0 Å². The second kappa shape index (κ2) is 4.24. The van der Waals surface area contributed by atoms with Gasteiger partial charge < -0.3 is 10.2 Å². The van der Waals surface area contributed by atoms with Gasteiger partial charge in [0.25, 0.3) is 0 Å². The van der Waals surface area contributed by atoms with Gasteiger partial charge in [-0.15, -0.1) is 0 Å². The van der Waals surface area contributed by atoms with Crippen molar-refractivity contribution in [2.75, 3.05) is 0 Å². The lowest BCUT2D eigenvalue weighted by Gasteiger charge is -2.50. The fourth-order valence-electron chi connectivity index (χ4n) is 5.47. The van der Waals surface area contributed by atoms with Crippen LogP contribution < -0.4 is 0 Å². The van der Waals surface area contributed by atoms with Crippen LogP contribution in [0.2, 0.25) is 0 Å². The van der Waals surface area contributed by atoms with Gasteiger partial charge in [-0.2, -0.15) is 0 Å². The normalized spacial score (nSPS) is 43.4. The Kier molecular flexibility index (Phi) is 2.46. The molecule has 0 amide bonds. The van der Waals surface area contributed by atoms with E-state index >= 15 is 0 Å². The van der Waals surface area contributed by atoms with E-state index in [0.717, 1.165) is 32.1 Å². The van der Waals surface area contributed by atoms with E-state index in [2.05, 4.69) is 6.92 Å². The van der Waals surface area contributed by atoms with Gasteiger partial charge in [-0.25, -0.2) is 0 Å². The van der Waals surface area contributed by atoms with Crippen LogP contribution in [0.1, 0.15) is 57.4 Å². The van der Waals surface area contributed by atoms with E-state index in [1.54, 1.807) is 0 Å². The van der Waals surface area contributed by atoms with Crippen LogP contribution in [0.4, 0.5) is 0 Å². The summed E-state index contributed by atoms with van der Waals surface area (Å²) in [7, 11) is 0. The molecular weight excluding hydrogens is 248 g/mol. The Balaban J connectivity index is 1.73. The first-order chi connectivity index (χ1) is 10.0. The van der Waals surface area contributed by atoms with Crippen molar-refractivity contribution < 1.29 is 11.6 Å². The van der Waals surface area contributed by atoms with Crippen LogP contribution in [0.3, 0.4) is 0 Å². The lowest BCUT2D eigenvalue weighted by molar-refractivity contribution is -0.0226. The largest absolute Gasteiger partial charge is 0.508 e. The zero-order valence-corrected chi connectivity index (χ0v) is 12.1. The molecule has 0 aliphatic heterocycles. The van der Waals surface area contributed by atoms with E-state index in [1.807, 2.05) is 12.1 Å². The molecule has 1 aromatic carbocycles. The Labute approximate surface area is 122 Å². The molecule has 2 N–H and O–H groups in total. The number of aliphatic hydroxyl groups excluding tert-OH is 1. The van der Waals surface area contributed by atoms with Crippen molar-refractivity contribution in [1.82, 2.24) is 0 Å². The van der Waals surface area contributed by atoms with Gasteiger partial charge in [-0.05, 0) is 84.9 Å². The summed E-state index contributed by atoms with van der Waals surface area (Å²) in [6.45, 7) is 2.29. The Morgan fingerprint density at radius 2 is 2.15 bits per heavy atom. The topological polar surface area (TPSA) is 40.5 Å². The third-order valence-electron chi connectivity index (χ3n) is 6.59. The van der Waals surface area contributed by atoms with Crippen LogP contribution in [0.15, 0.2) is 18.2 Å². The molecule has 2 nitrogen and oxygen atoms in total. The molecule has 1 aromatic rings. The molecule has 0 radical (unpaired) electrons. The molecule has 0 aromatic heterocycles. The smallest absolute Gasteiger partial charge is 0.115 e. The van der Waals surface area contributed by atoms with Crippen molar-refractivity contribution in [2.45, 2.75) is 57.5 Å². The van der Waals surface area contributed by atoms with Crippen LogP contribution in [-0.2, 0) is 6.42 Å². The maximum atomic E-state index is 10.4. The highest BCUT2D eigenvalue weighted by atomic mass is 16.3. The second-order valence-corrected chi connectivity index (χ2v) is 7.35. The number of hydrogen-bond acceptors (Lipinski definition) is 2. The highest BCUT2D eigenvalue weighted by Gasteiger charge is 2.54. The van der Waals surface area contributed by atoms with Gasteiger partial charge in [0.15, 0.2) is 0 Å². The monoisotopic (exact) mass is 274 g/mol. The molecule has 2 heteroatoms. The minimum atomic E-state index is -0.128. The summed E-state index contributed by atoms with van der Waals surface area (Å²) < 4.78 is 7.89. The first kappa shape index (κ1) is 11.6. The molecule has 3 aliphatic rings. The average Bonchev–Trinajstić information content (AvgIpc) is 2.76. The molecule has 4 rings (SSSR count). The first-order valence-electron chi connectivity index (χ1n) is 8.51. The van der Waals surface area contributed by atoms with Crippen LogP contribution >= 0.6 is 0 Å². The number of fused-ring (bicyclic) bond motifs is 5. The minimum Gasteiger partial charge on any atom is -0.508 e. The average molecular weight is 274 g/mol. The summed E-state index contributed by atoms with van der Waals surface area (Å²) in [5.74, 6) is 1.92. The molecule has 20 heavy (non-hydrogen) atoms. The van der Waals surface area contributed by atoms with Crippen LogP contribution in [-0.4, -0.2) is 16.3 Å². The zero-order chi connectivity index (χ0) is 14.8. The third kappa shape index (κ3) is 1.60. The highest BCUT2D eigenvalue weighted by molar-refractivity contribution is 5.40. The number of hydrogen-bond donors (Lipinski definition) is 2. The summed E-state index contributed by atoms with van der Waals surface area (Å²) in [6.07, 6.45) is 6.36. The van der Waals surface area contributed by atoms with E-state index in [4.69, 9.17) is 1.37 Å². The maximum absolute atomic E-state index is 10.4. The summed E-state index contributed by atoms with van der Waals surface area (Å²) in [5, 5.41) is 20.2. The quantitative estimate of drug-likeness (QED) is 0.758. The number of phenols is 1. The van der Waals surface area contributed by atoms with E-state index in [9.17, 15) is 10.2 Å². The number of aryl methyl sites for hydroxylation is 1. The van der Waals surface area contributed by atoms with Crippen molar-refractivity contribution in [3.63, 3.8) is 0 Å². The van der Waals surface area contributed by atoms with Gasteiger partial charge in [-0.1, -0.05) is 13.0 Å². The number of rotatable bonds is 0. The standard InChI is InChI=1S/C18H24O2/c1-18-9-8-14-13-5-3-12(19)10-11(13)2-4-15(14)16(18)6-7-17(18)20/h3,5,10,14-17,19-20H,2,4,6-9H2,1H3/t14-,15-,16+,17+,18+/m1/s1/i3T. The van der Waals surface area contributed by atoms with Gasteiger partial charge in [0.2, 0.25) is 0 Å². The highest BCUT2D eigenvalue weighted by Crippen LogP contribution is 2.60. The molecular formula is C18H24O2. The molecule has 0 bridgehead atoms. The van der Waals surface area contributed by atoms with Crippen molar-refractivity contribution in [1.29, 1.82) is 0 Å². The molecule has 0 saturated heterocycles. The Hall–Kier alpha value is -1.02. The van der Waals surface area contributed by atoms with Crippen molar-refractivity contribution in [3.8, 4) is 5.75 Å². The number of aromatic hydroxyl groups is 1. The van der Waals surface area contributed by atoms with Gasteiger partial charge in [0, 0.05) is 0 Å². The Bertz CT molecular complexity index is 585. The summed E-state index contributed by atoms with van der Waals surface area (Å²) in [5.41, 5.74) is 2.66. The summed E-state index contributed by atoms with van der Waals surface area (Å²) in [6, 6.07) is 3.97. The fraction of sp³-hybridized carbons (Fsp3) is 0.667. The molecule has 5 atom stereocenters. The van der Waals surface area contributed by atoms with Crippen molar-refractivity contribution in [2.24, 2.45) is 17.3 Å². The molecule has 0 spiro atoms. The lowest BCUT2D eigenvalue weighted by Crippen LogP contribution is -2.43. The minimum absolute atomic E-state index is 0.110. The van der Waals surface area contributed by atoms with Gasteiger partial charge in [0.05, 0.1) is 7.47 Å². The first-order valence-corrected chi connectivity index (χ1v) is 8.01. The SMILES string of the molecule is [3H]c1cc2c(cc1O)CC[C@@H]1[C@@H]2CC[C@]2(C)[C@@H](O)CC[C@@H]12. The van der Waals surface area contributed by atoms with Gasteiger partial charge in [-0.3, -0.25) is 0 Å². The zero-order valence-electron chi connectivity index (χ0n) is 13.1. The Morgan fingerprint density at radius 3 is 3.00 bits per heavy atom. The van der Waals surface area contributed by atoms with Crippen LogP contribution in [0.25, 0.3) is 0 Å². The predicted molar refractivity (Wildman–Crippen MR) is 78.7 cm³/mol. The van der Waals surface area contributed by atoms with Crippen LogP contribution in [0.5, 0.6) is 5.75 Å². The molecule has 3 aliphatic carbocycles. The molecule has 2 saturated carbocycles. The molecule has 108 valence electrons. The predicted octanol–water partition coefficient (Wildman–Crippen LogP) is 3.61. The van der Waals surface area contributed by atoms with Crippen molar-refractivity contribution in [3.05, 3.63) is 29.3 Å². The van der Waals surface area contributed by atoms with Gasteiger partial charge >= 0.3 is 0 Å². The Morgan fingerprint density at radius 1 is 1.30 bits per heavy atom. The molecule has 0 unspecified atom stereocenters.